The monoisotopic (exact) mass is 490 g/mol. The molecule has 0 atom stereocenters. The number of hydrogen-bond donors (Lipinski definition) is 2. The van der Waals surface area contributed by atoms with Crippen LogP contribution in [0.2, 0.25) is 0 Å². The quantitative estimate of drug-likeness (QED) is 0.194. The summed E-state index contributed by atoms with van der Waals surface area (Å²) in [5, 5.41) is 17.8. The van der Waals surface area contributed by atoms with Crippen molar-refractivity contribution in [2.24, 2.45) is 5.10 Å². The fraction of sp³-hybridized carbons (Fsp3) is 0.0800. The van der Waals surface area contributed by atoms with Crippen LogP contribution in [0.4, 0.5) is 17.1 Å². The first-order chi connectivity index (χ1) is 16.8. The largest absolute Gasteiger partial charge is 0.495 e. The molecule has 0 bridgehead atoms. The van der Waals surface area contributed by atoms with Gasteiger partial charge in [0.15, 0.2) is 0 Å². The molecule has 0 radical (unpaired) electrons. The maximum Gasteiger partial charge on any atom is 0.270 e. The van der Waals surface area contributed by atoms with Gasteiger partial charge in [0.1, 0.15) is 10.6 Å². The van der Waals surface area contributed by atoms with Crippen LogP contribution in [-0.4, -0.2) is 26.2 Å². The summed E-state index contributed by atoms with van der Waals surface area (Å²) in [7, 11) is -2.83. The number of methoxy groups -OCH3 is 1. The van der Waals surface area contributed by atoms with Gasteiger partial charge in [0.2, 0.25) is 0 Å². The van der Waals surface area contributed by atoms with Gasteiger partial charge >= 0.3 is 0 Å². The van der Waals surface area contributed by atoms with Crippen LogP contribution in [0.25, 0.3) is 10.8 Å². The molecule has 9 nitrogen and oxygen atoms in total. The summed E-state index contributed by atoms with van der Waals surface area (Å²) < 4.78 is 34.1. The minimum Gasteiger partial charge on any atom is -0.495 e. The molecule has 0 fully saturated rings. The molecule has 4 rings (SSSR count). The van der Waals surface area contributed by atoms with E-state index < -0.39 is 14.9 Å². The van der Waals surface area contributed by atoms with E-state index in [0.29, 0.717) is 11.5 Å². The normalized spacial score (nSPS) is 11.8. The van der Waals surface area contributed by atoms with Crippen molar-refractivity contribution in [3.63, 3.8) is 0 Å². The Bertz CT molecular complexity index is 1550. The molecular weight excluding hydrogens is 468 g/mol. The van der Waals surface area contributed by atoms with Gasteiger partial charge in [0.05, 0.1) is 29.1 Å². The number of anilines is 2. The van der Waals surface area contributed by atoms with Crippen LogP contribution >= 0.6 is 0 Å². The number of nitrogens with zero attached hydrogens (tertiary/aromatic N) is 2. The predicted octanol–water partition coefficient (Wildman–Crippen LogP) is 5.39. The number of nitro benzene ring substituents is 1. The molecule has 0 aliphatic heterocycles. The molecule has 0 amide bonds. The molecule has 4 aromatic rings. The number of benzene rings is 4. The average Bonchev–Trinajstić information content (AvgIpc) is 2.86. The number of para-hydroxylation sites is 2. The van der Waals surface area contributed by atoms with Crippen LogP contribution in [-0.2, 0) is 10.0 Å². The highest BCUT2D eigenvalue weighted by Crippen LogP contribution is 2.31. The van der Waals surface area contributed by atoms with Gasteiger partial charge in [-0.3, -0.25) is 20.3 Å². The first-order valence-electron chi connectivity index (χ1n) is 10.5. The minimum atomic E-state index is -4.24. The molecule has 2 N–H and O–H groups in total. The summed E-state index contributed by atoms with van der Waals surface area (Å²) in [6.45, 7) is 1.78. The minimum absolute atomic E-state index is 0.0816. The molecule has 35 heavy (non-hydrogen) atoms. The Labute approximate surface area is 202 Å². The van der Waals surface area contributed by atoms with E-state index in [1.165, 1.54) is 25.3 Å². The fourth-order valence-corrected chi connectivity index (χ4v) is 4.74. The summed E-state index contributed by atoms with van der Waals surface area (Å²) in [5.74, 6) is 0.307. The number of rotatable bonds is 8. The van der Waals surface area contributed by atoms with E-state index in [1.807, 2.05) is 42.5 Å². The number of hydrogen-bond acceptors (Lipinski definition) is 7. The zero-order chi connectivity index (χ0) is 25.0. The van der Waals surface area contributed by atoms with E-state index in [-0.39, 0.29) is 22.0 Å². The third kappa shape index (κ3) is 5.22. The number of hydrazone groups is 1. The van der Waals surface area contributed by atoms with E-state index in [4.69, 9.17) is 4.74 Å². The van der Waals surface area contributed by atoms with Crippen molar-refractivity contribution in [2.75, 3.05) is 17.3 Å². The molecule has 0 saturated heterocycles. The third-order valence-electron chi connectivity index (χ3n) is 5.33. The number of nitrogens with one attached hydrogen (secondary N) is 2. The Kier molecular flexibility index (Phi) is 6.65. The van der Waals surface area contributed by atoms with Crippen LogP contribution < -0.4 is 14.9 Å². The molecule has 0 heterocycles. The maximum absolute atomic E-state index is 13.2. The lowest BCUT2D eigenvalue weighted by Gasteiger charge is -2.14. The summed E-state index contributed by atoms with van der Waals surface area (Å²) in [6.07, 6.45) is 0. The molecule has 0 aromatic heterocycles. The van der Waals surface area contributed by atoms with Crippen LogP contribution in [0.5, 0.6) is 5.75 Å². The van der Waals surface area contributed by atoms with Crippen molar-refractivity contribution < 1.29 is 18.1 Å². The van der Waals surface area contributed by atoms with E-state index in [0.717, 1.165) is 22.4 Å². The number of non-ortho nitro benzene ring substituents is 1. The number of nitro groups is 1. The first-order valence-corrected chi connectivity index (χ1v) is 12.0. The van der Waals surface area contributed by atoms with Crippen LogP contribution in [0.15, 0.2) is 94.9 Å². The topological polar surface area (TPSA) is 123 Å². The lowest BCUT2D eigenvalue weighted by molar-refractivity contribution is -0.385. The standard InChI is InChI=1S/C25H22N4O5S/c1-17(19-12-11-18-7-3-4-8-20(18)15-19)26-27-23-14-13-21(29(30)31)16-25(23)35(32,33)28-22-9-5-6-10-24(22)34-2/h3-16,27-28H,1-2H3. The molecular formula is C25H22N4O5S. The second-order valence-electron chi connectivity index (χ2n) is 7.61. The van der Waals surface area contributed by atoms with Crippen molar-refractivity contribution in [1.82, 2.24) is 0 Å². The van der Waals surface area contributed by atoms with Gasteiger partial charge in [-0.2, -0.15) is 5.10 Å². The Balaban J connectivity index is 1.70. The van der Waals surface area contributed by atoms with E-state index in [2.05, 4.69) is 15.2 Å². The highest BCUT2D eigenvalue weighted by atomic mass is 32.2. The number of ether oxygens (including phenoxy) is 1. The van der Waals surface area contributed by atoms with Gasteiger partial charge in [-0.05, 0) is 47.5 Å². The lowest BCUT2D eigenvalue weighted by atomic mass is 10.0. The van der Waals surface area contributed by atoms with Crippen molar-refractivity contribution in [2.45, 2.75) is 11.8 Å². The summed E-state index contributed by atoms with van der Waals surface area (Å²) in [4.78, 5) is 10.3. The second-order valence-corrected chi connectivity index (χ2v) is 9.27. The number of fused-ring (bicyclic) bond motifs is 1. The van der Waals surface area contributed by atoms with Gasteiger partial charge in [0.25, 0.3) is 15.7 Å². The molecule has 0 saturated carbocycles. The first kappa shape index (κ1) is 23.7. The molecule has 178 valence electrons. The van der Waals surface area contributed by atoms with Gasteiger partial charge in [-0.1, -0.05) is 48.5 Å². The van der Waals surface area contributed by atoms with E-state index >= 15 is 0 Å². The molecule has 4 aromatic carbocycles. The smallest absolute Gasteiger partial charge is 0.270 e. The highest BCUT2D eigenvalue weighted by Gasteiger charge is 2.24. The lowest BCUT2D eigenvalue weighted by Crippen LogP contribution is -2.16. The average molecular weight is 491 g/mol. The predicted molar refractivity (Wildman–Crippen MR) is 137 cm³/mol. The zero-order valence-electron chi connectivity index (χ0n) is 18.9. The van der Waals surface area contributed by atoms with Crippen molar-refractivity contribution in [3.05, 3.63) is 101 Å². The summed E-state index contributed by atoms with van der Waals surface area (Å²) in [6, 6.07) is 23.7. The Morgan fingerprint density at radius 1 is 0.914 bits per heavy atom. The SMILES string of the molecule is COc1ccccc1NS(=O)(=O)c1cc([N+](=O)[O-])ccc1NN=C(C)c1ccc2ccccc2c1. The summed E-state index contributed by atoms with van der Waals surface area (Å²) >= 11 is 0. The molecule has 0 spiro atoms. The number of sulfonamides is 1. The molecule has 0 aliphatic rings. The van der Waals surface area contributed by atoms with Crippen molar-refractivity contribution in [3.8, 4) is 5.75 Å². The molecule has 10 heteroatoms. The Hall–Kier alpha value is -4.44. The highest BCUT2D eigenvalue weighted by molar-refractivity contribution is 7.93. The van der Waals surface area contributed by atoms with Crippen LogP contribution in [0.3, 0.4) is 0 Å². The van der Waals surface area contributed by atoms with Gasteiger partial charge in [-0.25, -0.2) is 8.42 Å². The Morgan fingerprint density at radius 2 is 1.63 bits per heavy atom. The molecule has 0 unspecified atom stereocenters. The van der Waals surface area contributed by atoms with Crippen molar-refractivity contribution >= 4 is 43.6 Å². The van der Waals surface area contributed by atoms with Gasteiger partial charge in [0, 0.05) is 12.1 Å². The van der Waals surface area contributed by atoms with Crippen molar-refractivity contribution in [1.29, 1.82) is 0 Å². The van der Waals surface area contributed by atoms with Gasteiger partial charge in [-0.15, -0.1) is 0 Å². The van der Waals surface area contributed by atoms with E-state index in [9.17, 15) is 18.5 Å². The van der Waals surface area contributed by atoms with Crippen LogP contribution in [0, 0.1) is 10.1 Å². The zero-order valence-corrected chi connectivity index (χ0v) is 19.7. The molecule has 0 aliphatic carbocycles. The van der Waals surface area contributed by atoms with Crippen LogP contribution in [0.1, 0.15) is 12.5 Å². The maximum atomic E-state index is 13.2. The van der Waals surface area contributed by atoms with E-state index in [1.54, 1.807) is 25.1 Å². The van der Waals surface area contributed by atoms with Gasteiger partial charge < -0.3 is 4.74 Å². The summed E-state index contributed by atoms with van der Waals surface area (Å²) in [5.41, 5.74) is 4.12. The second kappa shape index (κ2) is 9.82. The Morgan fingerprint density at radius 3 is 2.37 bits per heavy atom. The third-order valence-corrected chi connectivity index (χ3v) is 6.73. The fourth-order valence-electron chi connectivity index (χ4n) is 3.49.